The SMILES string of the molecule is NC1(c2noc(-c3cnc(-c4ccccn4)s3)n2)CCCC1. The van der Waals surface area contributed by atoms with Crippen molar-refractivity contribution in [2.75, 3.05) is 0 Å². The Morgan fingerprint density at radius 3 is 2.82 bits per heavy atom. The zero-order chi connectivity index (χ0) is 15.0. The van der Waals surface area contributed by atoms with Gasteiger partial charge in [0.05, 0.1) is 17.4 Å². The van der Waals surface area contributed by atoms with Gasteiger partial charge in [-0.2, -0.15) is 4.98 Å². The number of hydrogen-bond donors (Lipinski definition) is 1. The normalized spacial score (nSPS) is 17.0. The topological polar surface area (TPSA) is 90.7 Å². The van der Waals surface area contributed by atoms with Crippen molar-refractivity contribution in [3.05, 3.63) is 36.4 Å². The van der Waals surface area contributed by atoms with Crippen LogP contribution in [0.3, 0.4) is 0 Å². The summed E-state index contributed by atoms with van der Waals surface area (Å²) in [4.78, 5) is 14.0. The van der Waals surface area contributed by atoms with Gasteiger partial charge in [0, 0.05) is 6.20 Å². The fraction of sp³-hybridized carbons (Fsp3) is 0.333. The highest BCUT2D eigenvalue weighted by atomic mass is 32.1. The number of rotatable bonds is 3. The molecule has 0 unspecified atom stereocenters. The zero-order valence-corrected chi connectivity index (χ0v) is 12.7. The number of thiazole rings is 1. The van der Waals surface area contributed by atoms with E-state index in [1.165, 1.54) is 11.3 Å². The predicted octanol–water partition coefficient (Wildman–Crippen LogP) is 2.98. The number of aromatic nitrogens is 4. The van der Waals surface area contributed by atoms with Gasteiger partial charge in [0.1, 0.15) is 9.88 Å². The summed E-state index contributed by atoms with van der Waals surface area (Å²) in [6, 6.07) is 5.74. The first-order valence-corrected chi connectivity index (χ1v) is 8.07. The lowest BCUT2D eigenvalue weighted by Crippen LogP contribution is -2.34. The molecule has 7 heteroatoms. The number of hydrogen-bond acceptors (Lipinski definition) is 7. The van der Waals surface area contributed by atoms with Crippen LogP contribution >= 0.6 is 11.3 Å². The van der Waals surface area contributed by atoms with Crippen LogP contribution in [0.1, 0.15) is 31.5 Å². The zero-order valence-electron chi connectivity index (χ0n) is 11.9. The average Bonchev–Trinajstić information content (AvgIpc) is 3.28. The molecule has 1 aliphatic rings. The van der Waals surface area contributed by atoms with Crippen molar-refractivity contribution >= 4 is 11.3 Å². The number of nitrogens with two attached hydrogens (primary N) is 1. The maximum Gasteiger partial charge on any atom is 0.269 e. The van der Waals surface area contributed by atoms with Gasteiger partial charge in [-0.25, -0.2) is 4.98 Å². The fourth-order valence-electron chi connectivity index (χ4n) is 2.74. The van der Waals surface area contributed by atoms with Gasteiger partial charge < -0.3 is 10.3 Å². The monoisotopic (exact) mass is 313 g/mol. The molecule has 0 saturated heterocycles. The van der Waals surface area contributed by atoms with E-state index in [9.17, 15) is 0 Å². The van der Waals surface area contributed by atoms with Crippen molar-refractivity contribution in [2.45, 2.75) is 31.2 Å². The molecule has 0 aliphatic heterocycles. The van der Waals surface area contributed by atoms with Gasteiger partial charge in [-0.1, -0.05) is 24.1 Å². The minimum absolute atomic E-state index is 0.434. The minimum atomic E-state index is -0.434. The summed E-state index contributed by atoms with van der Waals surface area (Å²) in [7, 11) is 0. The van der Waals surface area contributed by atoms with Gasteiger partial charge in [-0.15, -0.1) is 11.3 Å². The minimum Gasteiger partial charge on any atom is -0.333 e. The molecule has 1 aliphatic carbocycles. The van der Waals surface area contributed by atoms with Gasteiger partial charge in [-0.3, -0.25) is 4.98 Å². The molecule has 1 saturated carbocycles. The van der Waals surface area contributed by atoms with E-state index >= 15 is 0 Å². The summed E-state index contributed by atoms with van der Waals surface area (Å²) in [5.74, 6) is 1.08. The van der Waals surface area contributed by atoms with E-state index in [2.05, 4.69) is 20.1 Å². The van der Waals surface area contributed by atoms with E-state index in [-0.39, 0.29) is 0 Å². The lowest BCUT2D eigenvalue weighted by Gasteiger charge is -2.17. The van der Waals surface area contributed by atoms with Gasteiger partial charge >= 0.3 is 0 Å². The van der Waals surface area contributed by atoms with Gasteiger partial charge in [0.25, 0.3) is 5.89 Å². The maximum atomic E-state index is 6.36. The molecule has 0 atom stereocenters. The summed E-state index contributed by atoms with van der Waals surface area (Å²) in [5, 5.41) is 4.91. The lowest BCUT2D eigenvalue weighted by molar-refractivity contribution is 0.373. The third kappa shape index (κ3) is 2.32. The first-order chi connectivity index (χ1) is 10.7. The van der Waals surface area contributed by atoms with Crippen molar-refractivity contribution in [1.29, 1.82) is 0 Å². The van der Waals surface area contributed by atoms with Crippen LogP contribution in [0.25, 0.3) is 21.5 Å². The van der Waals surface area contributed by atoms with Crippen molar-refractivity contribution < 1.29 is 4.52 Å². The Labute approximate surface area is 131 Å². The fourth-order valence-corrected chi connectivity index (χ4v) is 3.55. The summed E-state index contributed by atoms with van der Waals surface area (Å²) in [6.45, 7) is 0. The second-order valence-corrected chi connectivity index (χ2v) is 6.56. The Morgan fingerprint density at radius 2 is 2.05 bits per heavy atom. The van der Waals surface area contributed by atoms with Crippen LogP contribution in [0.2, 0.25) is 0 Å². The Bertz CT molecular complexity index is 776. The van der Waals surface area contributed by atoms with E-state index in [0.29, 0.717) is 11.7 Å². The Balaban J connectivity index is 1.63. The van der Waals surface area contributed by atoms with Gasteiger partial charge in [0.2, 0.25) is 0 Å². The van der Waals surface area contributed by atoms with Gasteiger partial charge in [-0.05, 0) is 25.0 Å². The van der Waals surface area contributed by atoms with E-state index in [1.807, 2.05) is 18.2 Å². The Hall–Kier alpha value is -2.12. The largest absolute Gasteiger partial charge is 0.333 e. The molecular weight excluding hydrogens is 298 g/mol. The lowest BCUT2D eigenvalue weighted by atomic mass is 9.99. The maximum absolute atomic E-state index is 6.36. The molecule has 3 heterocycles. The summed E-state index contributed by atoms with van der Waals surface area (Å²) >= 11 is 1.48. The molecule has 0 bridgehead atoms. The second kappa shape index (κ2) is 5.26. The highest BCUT2D eigenvalue weighted by Crippen LogP contribution is 2.36. The molecule has 3 aromatic rings. The average molecular weight is 313 g/mol. The second-order valence-electron chi connectivity index (χ2n) is 5.53. The highest BCUT2D eigenvalue weighted by molar-refractivity contribution is 7.18. The molecule has 0 spiro atoms. The number of pyridine rings is 1. The summed E-state index contributed by atoms with van der Waals surface area (Å²) in [6.07, 6.45) is 7.54. The Morgan fingerprint density at radius 1 is 1.18 bits per heavy atom. The molecule has 22 heavy (non-hydrogen) atoms. The molecule has 6 nitrogen and oxygen atoms in total. The van der Waals surface area contributed by atoms with Crippen LogP contribution in [-0.4, -0.2) is 20.1 Å². The molecule has 112 valence electrons. The third-order valence-corrected chi connectivity index (χ3v) is 4.98. The van der Waals surface area contributed by atoms with E-state index in [0.717, 1.165) is 41.3 Å². The standard InChI is InChI=1S/C15H15N5OS/c16-15(6-2-3-7-15)14-19-12(21-20-14)11-9-18-13(22-11)10-5-1-4-8-17-10/h1,4-5,8-9H,2-3,6-7,16H2. The molecule has 2 N–H and O–H groups in total. The van der Waals surface area contributed by atoms with Crippen LogP contribution in [0.5, 0.6) is 0 Å². The van der Waals surface area contributed by atoms with Gasteiger partial charge in [0.15, 0.2) is 5.82 Å². The third-order valence-electron chi connectivity index (χ3n) is 3.97. The van der Waals surface area contributed by atoms with E-state index < -0.39 is 5.54 Å². The van der Waals surface area contributed by atoms with Crippen LogP contribution in [0.15, 0.2) is 35.1 Å². The van der Waals surface area contributed by atoms with Crippen LogP contribution < -0.4 is 5.73 Å². The van der Waals surface area contributed by atoms with Crippen molar-refractivity contribution in [3.63, 3.8) is 0 Å². The van der Waals surface area contributed by atoms with Crippen molar-refractivity contribution in [1.82, 2.24) is 20.1 Å². The number of nitrogens with zero attached hydrogens (tertiary/aromatic N) is 4. The molecule has 1 fully saturated rings. The quantitative estimate of drug-likeness (QED) is 0.799. The molecule has 0 radical (unpaired) electrons. The molecule has 4 rings (SSSR count). The smallest absolute Gasteiger partial charge is 0.269 e. The van der Waals surface area contributed by atoms with E-state index in [1.54, 1.807) is 12.4 Å². The molecular formula is C15H15N5OS. The first-order valence-electron chi connectivity index (χ1n) is 7.25. The van der Waals surface area contributed by atoms with Crippen LogP contribution in [0, 0.1) is 0 Å². The van der Waals surface area contributed by atoms with E-state index in [4.69, 9.17) is 10.3 Å². The molecule has 3 aromatic heterocycles. The Kier molecular flexibility index (Phi) is 3.24. The first kappa shape index (κ1) is 13.5. The van der Waals surface area contributed by atoms with Crippen molar-refractivity contribution in [2.24, 2.45) is 5.73 Å². The predicted molar refractivity (Wildman–Crippen MR) is 83.0 cm³/mol. The van der Waals surface area contributed by atoms with Crippen LogP contribution in [-0.2, 0) is 5.54 Å². The summed E-state index contributed by atoms with van der Waals surface area (Å²) < 4.78 is 5.39. The highest BCUT2D eigenvalue weighted by Gasteiger charge is 2.36. The summed E-state index contributed by atoms with van der Waals surface area (Å²) in [5.41, 5.74) is 6.76. The molecule has 0 amide bonds. The molecule has 0 aromatic carbocycles. The van der Waals surface area contributed by atoms with Crippen molar-refractivity contribution in [3.8, 4) is 21.5 Å². The van der Waals surface area contributed by atoms with Crippen LogP contribution in [0.4, 0.5) is 0 Å².